The third kappa shape index (κ3) is 3.12. The first kappa shape index (κ1) is 17.5. The van der Waals surface area contributed by atoms with Crippen LogP contribution in [0.1, 0.15) is 28.2 Å². The van der Waals surface area contributed by atoms with Crippen molar-refractivity contribution in [3.8, 4) is 0 Å². The standard InChI is InChI=1S/C20H21N3OS2/c1-12-13(2)26-20-18(12)19(21-14(3)22-20)25-11-17(24)23-10-6-8-15-7-4-5-9-16(15)23/h4-5,7,9H,6,8,10-11H2,1-3H3. The maximum Gasteiger partial charge on any atom is 0.237 e. The van der Waals surface area contributed by atoms with Gasteiger partial charge in [-0.05, 0) is 50.8 Å². The van der Waals surface area contributed by atoms with E-state index in [4.69, 9.17) is 0 Å². The Labute approximate surface area is 161 Å². The number of hydrogen-bond donors (Lipinski definition) is 0. The van der Waals surface area contributed by atoms with Crippen LogP contribution in [0.5, 0.6) is 0 Å². The number of rotatable bonds is 3. The lowest BCUT2D eigenvalue weighted by Crippen LogP contribution is -2.36. The summed E-state index contributed by atoms with van der Waals surface area (Å²) in [5.41, 5.74) is 3.56. The molecule has 134 valence electrons. The molecule has 0 unspecified atom stereocenters. The van der Waals surface area contributed by atoms with Crippen molar-refractivity contribution in [2.24, 2.45) is 0 Å². The minimum atomic E-state index is 0.149. The zero-order valence-electron chi connectivity index (χ0n) is 15.2. The van der Waals surface area contributed by atoms with Crippen LogP contribution in [0.2, 0.25) is 0 Å². The number of para-hydroxylation sites is 1. The number of hydrogen-bond acceptors (Lipinski definition) is 5. The fourth-order valence-corrected chi connectivity index (χ4v) is 5.57. The number of carbonyl (C=O) groups excluding carboxylic acids is 1. The highest BCUT2D eigenvalue weighted by Gasteiger charge is 2.23. The summed E-state index contributed by atoms with van der Waals surface area (Å²) < 4.78 is 0. The lowest BCUT2D eigenvalue weighted by atomic mass is 10.0. The Kier molecular flexibility index (Phi) is 4.71. The average molecular weight is 384 g/mol. The number of carbonyl (C=O) groups is 1. The molecule has 3 heterocycles. The molecule has 1 aromatic carbocycles. The molecule has 0 spiro atoms. The van der Waals surface area contributed by atoms with Gasteiger partial charge in [0, 0.05) is 22.5 Å². The van der Waals surface area contributed by atoms with E-state index in [1.54, 1.807) is 11.3 Å². The van der Waals surface area contributed by atoms with Gasteiger partial charge in [0.05, 0.1) is 5.75 Å². The molecule has 1 aliphatic rings. The normalized spacial score (nSPS) is 13.9. The minimum absolute atomic E-state index is 0.149. The van der Waals surface area contributed by atoms with Crippen LogP contribution in [-0.2, 0) is 11.2 Å². The van der Waals surface area contributed by atoms with Crippen LogP contribution in [0.15, 0.2) is 29.3 Å². The maximum atomic E-state index is 12.9. The van der Waals surface area contributed by atoms with E-state index in [0.29, 0.717) is 5.75 Å². The molecule has 4 rings (SSSR count). The average Bonchev–Trinajstić information content (AvgIpc) is 2.92. The van der Waals surface area contributed by atoms with Gasteiger partial charge in [0.2, 0.25) is 5.91 Å². The summed E-state index contributed by atoms with van der Waals surface area (Å²) >= 11 is 3.23. The number of fused-ring (bicyclic) bond motifs is 2. The van der Waals surface area contributed by atoms with E-state index >= 15 is 0 Å². The molecule has 1 aliphatic heterocycles. The van der Waals surface area contributed by atoms with Crippen LogP contribution in [0.25, 0.3) is 10.2 Å². The molecule has 0 saturated heterocycles. The predicted octanol–water partition coefficient (Wildman–Crippen LogP) is 4.69. The lowest BCUT2D eigenvalue weighted by molar-refractivity contribution is -0.116. The summed E-state index contributed by atoms with van der Waals surface area (Å²) in [6.07, 6.45) is 2.07. The van der Waals surface area contributed by atoms with E-state index in [1.807, 2.05) is 24.0 Å². The fourth-order valence-electron chi connectivity index (χ4n) is 3.42. The third-order valence-electron chi connectivity index (χ3n) is 4.85. The van der Waals surface area contributed by atoms with Crippen LogP contribution < -0.4 is 4.90 Å². The molecule has 0 aliphatic carbocycles. The third-order valence-corrected chi connectivity index (χ3v) is 6.91. The fraction of sp³-hybridized carbons (Fsp3) is 0.350. The molecule has 0 bridgehead atoms. The van der Waals surface area contributed by atoms with Gasteiger partial charge in [-0.1, -0.05) is 30.0 Å². The first-order valence-electron chi connectivity index (χ1n) is 8.80. The largest absolute Gasteiger partial charge is 0.311 e. The Bertz CT molecular complexity index is 996. The summed E-state index contributed by atoms with van der Waals surface area (Å²) in [7, 11) is 0. The second-order valence-electron chi connectivity index (χ2n) is 6.61. The summed E-state index contributed by atoms with van der Waals surface area (Å²) in [5.74, 6) is 1.31. The second-order valence-corrected chi connectivity index (χ2v) is 8.77. The second kappa shape index (κ2) is 7.00. The number of aryl methyl sites for hydroxylation is 4. The Morgan fingerprint density at radius 3 is 2.88 bits per heavy atom. The monoisotopic (exact) mass is 383 g/mol. The number of amides is 1. The first-order valence-corrected chi connectivity index (χ1v) is 10.6. The number of thiophene rings is 1. The molecule has 3 aromatic rings. The Morgan fingerprint density at radius 1 is 1.23 bits per heavy atom. The highest BCUT2D eigenvalue weighted by atomic mass is 32.2. The number of nitrogens with zero attached hydrogens (tertiary/aromatic N) is 3. The number of aromatic nitrogens is 2. The van der Waals surface area contributed by atoms with Gasteiger partial charge in [-0.3, -0.25) is 4.79 Å². The molecule has 0 saturated carbocycles. The summed E-state index contributed by atoms with van der Waals surface area (Å²) in [4.78, 5) is 26.3. The van der Waals surface area contributed by atoms with Gasteiger partial charge in [-0.25, -0.2) is 9.97 Å². The summed E-state index contributed by atoms with van der Waals surface area (Å²) in [6, 6.07) is 8.23. The van der Waals surface area contributed by atoms with Gasteiger partial charge in [0.15, 0.2) is 0 Å². The van der Waals surface area contributed by atoms with Crippen molar-refractivity contribution in [1.29, 1.82) is 0 Å². The Morgan fingerprint density at radius 2 is 2.04 bits per heavy atom. The van der Waals surface area contributed by atoms with Crippen LogP contribution >= 0.6 is 23.1 Å². The summed E-state index contributed by atoms with van der Waals surface area (Å²) in [5, 5.41) is 2.03. The van der Waals surface area contributed by atoms with E-state index < -0.39 is 0 Å². The van der Waals surface area contributed by atoms with Crippen LogP contribution in [0, 0.1) is 20.8 Å². The number of thioether (sulfide) groups is 1. The van der Waals surface area contributed by atoms with Crippen LogP contribution in [-0.4, -0.2) is 28.2 Å². The molecule has 0 N–H and O–H groups in total. The van der Waals surface area contributed by atoms with E-state index in [2.05, 4.69) is 35.9 Å². The van der Waals surface area contributed by atoms with Crippen molar-refractivity contribution < 1.29 is 4.79 Å². The zero-order chi connectivity index (χ0) is 18.3. The zero-order valence-corrected chi connectivity index (χ0v) is 16.8. The lowest BCUT2D eigenvalue weighted by Gasteiger charge is -2.29. The van der Waals surface area contributed by atoms with Crippen molar-refractivity contribution >= 4 is 44.9 Å². The van der Waals surface area contributed by atoms with Gasteiger partial charge >= 0.3 is 0 Å². The Hall–Kier alpha value is -1.92. The van der Waals surface area contributed by atoms with Gasteiger partial charge in [0.25, 0.3) is 0 Å². The van der Waals surface area contributed by atoms with Gasteiger partial charge in [-0.2, -0.15) is 0 Å². The highest BCUT2D eigenvalue weighted by Crippen LogP contribution is 2.35. The molecule has 1 amide bonds. The molecule has 6 heteroatoms. The topological polar surface area (TPSA) is 46.1 Å². The minimum Gasteiger partial charge on any atom is -0.311 e. The molecule has 0 fully saturated rings. The predicted molar refractivity (Wildman–Crippen MR) is 109 cm³/mol. The molecular weight excluding hydrogens is 362 g/mol. The smallest absolute Gasteiger partial charge is 0.237 e. The Balaban J connectivity index is 1.59. The van der Waals surface area contributed by atoms with E-state index in [1.165, 1.54) is 27.8 Å². The van der Waals surface area contributed by atoms with Crippen molar-refractivity contribution in [1.82, 2.24) is 9.97 Å². The molecular formula is C20H21N3OS2. The molecule has 2 aromatic heterocycles. The van der Waals surface area contributed by atoms with Crippen LogP contribution in [0.3, 0.4) is 0 Å². The van der Waals surface area contributed by atoms with Crippen molar-refractivity contribution in [2.75, 3.05) is 17.2 Å². The highest BCUT2D eigenvalue weighted by molar-refractivity contribution is 8.00. The summed E-state index contributed by atoms with van der Waals surface area (Å²) in [6.45, 7) is 6.93. The van der Waals surface area contributed by atoms with E-state index in [-0.39, 0.29) is 5.91 Å². The first-order chi connectivity index (χ1) is 12.5. The SMILES string of the molecule is Cc1nc(SCC(=O)N2CCCc3ccccc32)c2c(C)c(C)sc2n1. The van der Waals surface area contributed by atoms with Gasteiger partial charge in [-0.15, -0.1) is 11.3 Å². The van der Waals surface area contributed by atoms with Crippen molar-refractivity contribution in [2.45, 2.75) is 38.6 Å². The molecule has 4 nitrogen and oxygen atoms in total. The molecule has 0 atom stereocenters. The molecule has 0 radical (unpaired) electrons. The number of anilines is 1. The van der Waals surface area contributed by atoms with Crippen LogP contribution in [0.4, 0.5) is 5.69 Å². The van der Waals surface area contributed by atoms with Gasteiger partial charge < -0.3 is 4.90 Å². The van der Waals surface area contributed by atoms with E-state index in [9.17, 15) is 4.79 Å². The van der Waals surface area contributed by atoms with E-state index in [0.717, 1.165) is 46.1 Å². The van der Waals surface area contributed by atoms with Crippen molar-refractivity contribution in [3.63, 3.8) is 0 Å². The maximum absolute atomic E-state index is 12.9. The van der Waals surface area contributed by atoms with Crippen molar-refractivity contribution in [3.05, 3.63) is 46.1 Å². The molecule has 26 heavy (non-hydrogen) atoms. The quantitative estimate of drug-likeness (QED) is 0.486. The number of benzene rings is 1. The van der Waals surface area contributed by atoms with Gasteiger partial charge in [0.1, 0.15) is 15.7 Å².